The summed E-state index contributed by atoms with van der Waals surface area (Å²) in [5.74, 6) is -0.351. The quantitative estimate of drug-likeness (QED) is 0.807. The third-order valence-electron chi connectivity index (χ3n) is 3.59. The zero-order chi connectivity index (χ0) is 15.7. The Balaban J connectivity index is 2.11. The molecule has 0 aliphatic carbocycles. The Morgan fingerprint density at radius 2 is 1.95 bits per heavy atom. The molecule has 0 saturated heterocycles. The van der Waals surface area contributed by atoms with E-state index >= 15 is 0 Å². The van der Waals surface area contributed by atoms with Crippen LogP contribution in [0.3, 0.4) is 0 Å². The lowest BCUT2D eigenvalue weighted by Gasteiger charge is -2.24. The van der Waals surface area contributed by atoms with Gasteiger partial charge in [-0.3, -0.25) is 9.10 Å². The Hall–Kier alpha value is -1.85. The first kappa shape index (κ1) is 15.1. The predicted molar refractivity (Wildman–Crippen MR) is 86.2 cm³/mol. The summed E-state index contributed by atoms with van der Waals surface area (Å²) in [6.07, 6.45) is 0.116. The molecule has 1 aliphatic rings. The number of carbonyl (C=O) groups is 1. The minimum absolute atomic E-state index is 0.116. The maximum Gasteiger partial charge on any atom is 0.307 e. The summed E-state index contributed by atoms with van der Waals surface area (Å²) in [7, 11) is -0.106. The number of carbonyl (C=O) groups excluding carboxylic acids is 1. The molecule has 1 heterocycles. The number of hydrogen-bond acceptors (Lipinski definition) is 3. The van der Waals surface area contributed by atoms with Crippen LogP contribution < -0.4 is 4.31 Å². The van der Waals surface area contributed by atoms with Gasteiger partial charge in [0.25, 0.3) is 0 Å². The molecule has 0 N–H and O–H groups in total. The molecule has 2 unspecified atom stereocenters. The van der Waals surface area contributed by atoms with Crippen molar-refractivity contribution in [2.75, 3.05) is 11.4 Å². The number of hydrogen-bond donors (Lipinski definition) is 0. The molecule has 0 amide bonds. The lowest BCUT2D eigenvalue weighted by atomic mass is 10.0. The van der Waals surface area contributed by atoms with Crippen molar-refractivity contribution in [3.05, 3.63) is 59.1 Å². The molecule has 2 atom stereocenters. The highest BCUT2D eigenvalue weighted by atomic mass is 35.5. The van der Waals surface area contributed by atoms with E-state index in [1.165, 1.54) is 7.11 Å². The van der Waals surface area contributed by atoms with E-state index in [0.29, 0.717) is 9.92 Å². The Kier molecular flexibility index (Phi) is 4.18. The second kappa shape index (κ2) is 6.10. The van der Waals surface area contributed by atoms with Crippen molar-refractivity contribution in [3.63, 3.8) is 0 Å². The monoisotopic (exact) mass is 335 g/mol. The molecule has 0 spiro atoms. The second-order valence-electron chi connectivity index (χ2n) is 4.86. The van der Waals surface area contributed by atoms with Crippen molar-refractivity contribution >= 4 is 34.2 Å². The fourth-order valence-electron chi connectivity index (χ4n) is 2.60. The first-order valence-electron chi connectivity index (χ1n) is 6.75. The number of para-hydroxylation sites is 1. The fraction of sp³-hybridized carbons (Fsp3) is 0.188. The van der Waals surface area contributed by atoms with E-state index in [1.54, 1.807) is 16.4 Å². The van der Waals surface area contributed by atoms with Crippen LogP contribution in [-0.4, -0.2) is 17.3 Å². The summed E-state index contributed by atoms with van der Waals surface area (Å²) in [5, 5.41) is 0.448. The summed E-state index contributed by atoms with van der Waals surface area (Å²) >= 11 is 6.22. The summed E-state index contributed by atoms with van der Waals surface area (Å²) in [4.78, 5) is 12.3. The normalized spacial score (nSPS) is 19.8. The number of ether oxygens (including phenoxy) is 1. The number of esters is 1. The number of anilines is 1. The van der Waals surface area contributed by atoms with Crippen LogP contribution >= 0.6 is 11.6 Å². The summed E-state index contributed by atoms with van der Waals surface area (Å²) in [6, 6.07) is 14.4. The molecule has 3 rings (SSSR count). The molecular formula is C16H14ClNO3S. The standard InChI is InChI=1S/C16H14ClNO3S/c1-21-15(19)10-14-12-8-5-9-13(17)16(12)22(20)18(14)11-6-3-2-4-7-11/h2-9,14H,10H2,1H3. The number of halogens is 1. The molecule has 0 fully saturated rings. The SMILES string of the molecule is COC(=O)CC1c2cccc(Cl)c2S(=O)N1c1ccccc1. The van der Waals surface area contributed by atoms with E-state index in [2.05, 4.69) is 0 Å². The van der Waals surface area contributed by atoms with Crippen molar-refractivity contribution < 1.29 is 13.7 Å². The number of rotatable bonds is 3. The van der Waals surface area contributed by atoms with Crippen molar-refractivity contribution in [3.8, 4) is 0 Å². The highest BCUT2D eigenvalue weighted by molar-refractivity contribution is 7.87. The molecule has 1 aliphatic heterocycles. The largest absolute Gasteiger partial charge is 0.469 e. The lowest BCUT2D eigenvalue weighted by molar-refractivity contribution is -0.141. The van der Waals surface area contributed by atoms with Gasteiger partial charge >= 0.3 is 5.97 Å². The molecule has 6 heteroatoms. The number of benzene rings is 2. The maximum atomic E-state index is 12.9. The van der Waals surface area contributed by atoms with Gasteiger partial charge in [-0.15, -0.1) is 0 Å². The lowest BCUT2D eigenvalue weighted by Crippen LogP contribution is -2.26. The van der Waals surface area contributed by atoms with Crippen LogP contribution in [0, 0.1) is 0 Å². The van der Waals surface area contributed by atoms with E-state index in [1.807, 2.05) is 36.4 Å². The third kappa shape index (κ3) is 2.51. The van der Waals surface area contributed by atoms with Gasteiger partial charge in [0.05, 0.1) is 35.2 Å². The van der Waals surface area contributed by atoms with Gasteiger partial charge in [0.2, 0.25) is 0 Å². The van der Waals surface area contributed by atoms with E-state index in [-0.39, 0.29) is 18.4 Å². The van der Waals surface area contributed by atoms with Crippen LogP contribution in [0.25, 0.3) is 0 Å². The average Bonchev–Trinajstić information content (AvgIpc) is 2.81. The van der Waals surface area contributed by atoms with Gasteiger partial charge in [-0.25, -0.2) is 4.21 Å². The van der Waals surface area contributed by atoms with E-state index < -0.39 is 11.0 Å². The molecule has 2 aromatic rings. The zero-order valence-electron chi connectivity index (χ0n) is 11.9. The van der Waals surface area contributed by atoms with E-state index in [0.717, 1.165) is 11.3 Å². The van der Waals surface area contributed by atoms with Gasteiger partial charge < -0.3 is 4.74 Å². The van der Waals surface area contributed by atoms with Crippen LogP contribution in [-0.2, 0) is 20.5 Å². The maximum absolute atomic E-state index is 12.9. The van der Waals surface area contributed by atoms with Crippen molar-refractivity contribution in [1.82, 2.24) is 0 Å². The minimum Gasteiger partial charge on any atom is -0.469 e. The Labute approximate surface area is 136 Å². The summed E-state index contributed by atoms with van der Waals surface area (Å²) < 4.78 is 19.4. The molecule has 2 aromatic carbocycles. The molecule has 114 valence electrons. The number of nitrogens with zero attached hydrogens (tertiary/aromatic N) is 1. The van der Waals surface area contributed by atoms with Crippen LogP contribution in [0.5, 0.6) is 0 Å². The van der Waals surface area contributed by atoms with Gasteiger partial charge in [0.15, 0.2) is 11.0 Å². The molecule has 0 aromatic heterocycles. The van der Waals surface area contributed by atoms with E-state index in [9.17, 15) is 9.00 Å². The molecular weight excluding hydrogens is 322 g/mol. The van der Waals surface area contributed by atoms with Crippen LogP contribution in [0.4, 0.5) is 5.69 Å². The Morgan fingerprint density at radius 1 is 1.23 bits per heavy atom. The predicted octanol–water partition coefficient (Wildman–Crippen LogP) is 3.49. The van der Waals surface area contributed by atoms with Crippen molar-refractivity contribution in [2.45, 2.75) is 17.4 Å². The van der Waals surface area contributed by atoms with Crippen molar-refractivity contribution in [1.29, 1.82) is 0 Å². The minimum atomic E-state index is -1.45. The summed E-state index contributed by atoms with van der Waals surface area (Å²) in [6.45, 7) is 0. The highest BCUT2D eigenvalue weighted by Gasteiger charge is 2.39. The average molecular weight is 336 g/mol. The third-order valence-corrected chi connectivity index (χ3v) is 5.65. The topological polar surface area (TPSA) is 46.6 Å². The first-order chi connectivity index (χ1) is 10.6. The molecule has 0 bridgehead atoms. The number of methoxy groups -OCH3 is 1. The number of fused-ring (bicyclic) bond motifs is 1. The Bertz CT molecular complexity index is 735. The second-order valence-corrected chi connectivity index (χ2v) is 6.57. The molecule has 0 radical (unpaired) electrons. The van der Waals surface area contributed by atoms with Crippen LogP contribution in [0.1, 0.15) is 18.0 Å². The zero-order valence-corrected chi connectivity index (χ0v) is 13.4. The van der Waals surface area contributed by atoms with Crippen LogP contribution in [0.2, 0.25) is 5.02 Å². The van der Waals surface area contributed by atoms with Gasteiger partial charge in [-0.05, 0) is 23.8 Å². The smallest absolute Gasteiger partial charge is 0.307 e. The highest BCUT2D eigenvalue weighted by Crippen LogP contribution is 2.44. The van der Waals surface area contributed by atoms with E-state index in [4.69, 9.17) is 16.3 Å². The van der Waals surface area contributed by atoms with Gasteiger partial charge in [0.1, 0.15) is 0 Å². The molecule has 4 nitrogen and oxygen atoms in total. The van der Waals surface area contributed by atoms with Gasteiger partial charge in [-0.1, -0.05) is 41.9 Å². The summed E-state index contributed by atoms with van der Waals surface area (Å²) in [5.41, 5.74) is 1.59. The molecule has 22 heavy (non-hydrogen) atoms. The van der Waals surface area contributed by atoms with Crippen LogP contribution in [0.15, 0.2) is 53.4 Å². The van der Waals surface area contributed by atoms with Gasteiger partial charge in [-0.2, -0.15) is 0 Å². The van der Waals surface area contributed by atoms with Crippen molar-refractivity contribution in [2.24, 2.45) is 0 Å². The molecule has 0 saturated carbocycles. The fourth-order valence-corrected chi connectivity index (χ4v) is 4.55. The van der Waals surface area contributed by atoms with Gasteiger partial charge in [0, 0.05) is 0 Å². The first-order valence-corrected chi connectivity index (χ1v) is 8.23. The Morgan fingerprint density at radius 3 is 2.64 bits per heavy atom.